The van der Waals surface area contributed by atoms with Crippen molar-refractivity contribution in [3.8, 4) is 0 Å². The van der Waals surface area contributed by atoms with Gasteiger partial charge in [0.15, 0.2) is 5.54 Å². The molecule has 0 aromatic heterocycles. The number of fused-ring (bicyclic) bond motifs is 1. The predicted molar refractivity (Wildman–Crippen MR) is 78.4 cm³/mol. The molecule has 0 bridgehead atoms. The van der Waals surface area contributed by atoms with Gasteiger partial charge in [-0.05, 0) is 26.0 Å². The van der Waals surface area contributed by atoms with Crippen molar-refractivity contribution in [1.29, 1.82) is 0 Å². The normalized spacial score (nSPS) is 14.6. The summed E-state index contributed by atoms with van der Waals surface area (Å²) in [5.41, 5.74) is -1.03. The zero-order valence-corrected chi connectivity index (χ0v) is 13.3. The molecule has 0 aliphatic carbocycles. The number of hydrogen-bond acceptors (Lipinski definition) is 6. The quantitative estimate of drug-likeness (QED) is 0.353. The SMILES string of the molecule is CN(/[N+]([O-])=N/OCN1C(=O)c2ccccc2C1=O)C(C)(C)C(=O)O. The van der Waals surface area contributed by atoms with Crippen molar-refractivity contribution >= 4 is 17.8 Å². The first-order chi connectivity index (χ1) is 11.2. The lowest BCUT2D eigenvalue weighted by molar-refractivity contribution is -0.717. The Morgan fingerprint density at radius 2 is 1.83 bits per heavy atom. The Bertz CT molecular complexity index is 695. The lowest BCUT2D eigenvalue weighted by atomic mass is 10.1. The predicted octanol–water partition coefficient (Wildman–Crippen LogP) is 0.844. The minimum absolute atomic E-state index is 0.0632. The Balaban J connectivity index is 2.04. The number of carbonyl (C=O) groups is 3. The van der Waals surface area contributed by atoms with E-state index in [1.807, 2.05) is 0 Å². The molecule has 2 rings (SSSR count). The van der Waals surface area contributed by atoms with Crippen LogP contribution in [-0.4, -0.2) is 57.1 Å². The second kappa shape index (κ2) is 6.14. The molecule has 0 radical (unpaired) electrons. The van der Waals surface area contributed by atoms with Crippen LogP contribution in [0.3, 0.4) is 0 Å². The number of rotatable bonds is 6. The second-order valence-electron chi connectivity index (χ2n) is 5.56. The summed E-state index contributed by atoms with van der Waals surface area (Å²) in [6.07, 6.45) is 0. The number of amides is 2. The van der Waals surface area contributed by atoms with E-state index < -0.39 is 30.1 Å². The van der Waals surface area contributed by atoms with Gasteiger partial charge in [-0.15, -0.1) is 5.01 Å². The molecule has 0 spiro atoms. The zero-order valence-electron chi connectivity index (χ0n) is 13.3. The standard InChI is InChI=1S/C14H16N4O6/c1-14(2,13(21)22)16(3)18(23)15-24-8-17-11(19)9-6-4-5-7-10(9)12(17)20/h4-7H,8H2,1-3H3,(H,21,22)/b18-15-. The third-order valence-electron chi connectivity index (χ3n) is 3.78. The number of benzene rings is 1. The smallest absolute Gasteiger partial charge is 0.334 e. The molecule has 1 aliphatic heterocycles. The molecule has 1 aromatic carbocycles. The van der Waals surface area contributed by atoms with E-state index in [1.54, 1.807) is 12.1 Å². The highest BCUT2D eigenvalue weighted by Gasteiger charge is 2.39. The van der Waals surface area contributed by atoms with E-state index in [-0.39, 0.29) is 16.1 Å². The van der Waals surface area contributed by atoms with Crippen molar-refractivity contribution in [2.45, 2.75) is 19.4 Å². The van der Waals surface area contributed by atoms with Crippen LogP contribution in [0.15, 0.2) is 29.5 Å². The Hall–Kier alpha value is -3.17. The molecule has 2 amide bonds. The van der Waals surface area contributed by atoms with Crippen molar-refractivity contribution in [3.05, 3.63) is 40.6 Å². The van der Waals surface area contributed by atoms with Gasteiger partial charge in [-0.25, -0.2) is 9.69 Å². The average Bonchev–Trinajstić information content (AvgIpc) is 2.79. The van der Waals surface area contributed by atoms with Crippen molar-refractivity contribution in [2.24, 2.45) is 5.28 Å². The minimum Gasteiger partial charge on any atom is -0.569 e. The van der Waals surface area contributed by atoms with E-state index in [9.17, 15) is 19.6 Å². The fourth-order valence-electron chi connectivity index (χ4n) is 1.90. The van der Waals surface area contributed by atoms with Crippen molar-refractivity contribution < 1.29 is 29.3 Å². The van der Waals surface area contributed by atoms with Crippen LogP contribution in [0.25, 0.3) is 0 Å². The van der Waals surface area contributed by atoms with Gasteiger partial charge in [0.25, 0.3) is 11.8 Å². The topological polar surface area (TPSA) is 126 Å². The summed E-state index contributed by atoms with van der Waals surface area (Å²) in [6, 6.07) is 6.27. The summed E-state index contributed by atoms with van der Waals surface area (Å²) < 4.78 is 0. The van der Waals surface area contributed by atoms with E-state index in [0.29, 0.717) is 0 Å². The van der Waals surface area contributed by atoms with Crippen molar-refractivity contribution in [1.82, 2.24) is 9.91 Å². The molecule has 10 nitrogen and oxygen atoms in total. The highest BCUT2D eigenvalue weighted by Crippen LogP contribution is 2.22. The Morgan fingerprint density at radius 1 is 1.33 bits per heavy atom. The highest BCUT2D eigenvalue weighted by atomic mass is 16.7. The third kappa shape index (κ3) is 2.85. The zero-order chi connectivity index (χ0) is 18.1. The monoisotopic (exact) mass is 336 g/mol. The maximum Gasteiger partial charge on any atom is 0.334 e. The first kappa shape index (κ1) is 17.2. The van der Waals surface area contributed by atoms with Crippen LogP contribution in [0.2, 0.25) is 0 Å². The van der Waals surface area contributed by atoms with Gasteiger partial charge >= 0.3 is 5.97 Å². The van der Waals surface area contributed by atoms with Gasteiger partial charge in [0, 0.05) is 0 Å². The van der Waals surface area contributed by atoms with Crippen LogP contribution in [0.5, 0.6) is 0 Å². The van der Waals surface area contributed by atoms with Crippen LogP contribution < -0.4 is 0 Å². The van der Waals surface area contributed by atoms with E-state index in [0.717, 1.165) is 9.91 Å². The summed E-state index contributed by atoms with van der Waals surface area (Å²) >= 11 is 0. The molecule has 1 aromatic rings. The summed E-state index contributed by atoms with van der Waals surface area (Å²) in [7, 11) is 1.22. The number of hydrogen-bond donors (Lipinski definition) is 1. The molecule has 1 heterocycles. The number of aliphatic carboxylic acids is 1. The van der Waals surface area contributed by atoms with Gasteiger partial charge in [-0.1, -0.05) is 12.1 Å². The minimum atomic E-state index is -1.52. The van der Waals surface area contributed by atoms with E-state index in [2.05, 4.69) is 5.28 Å². The molecular formula is C14H16N4O6. The van der Waals surface area contributed by atoms with Gasteiger partial charge in [0.1, 0.15) is 0 Å². The number of imide groups is 1. The van der Waals surface area contributed by atoms with Crippen molar-refractivity contribution in [3.63, 3.8) is 0 Å². The number of nitrogens with zero attached hydrogens (tertiary/aromatic N) is 4. The number of likely N-dealkylation sites (N-methyl/N-ethyl adjacent to an activating group) is 1. The number of carboxylic acid groups (broad SMARTS) is 1. The molecule has 10 heteroatoms. The summed E-state index contributed by atoms with van der Waals surface area (Å²) in [4.78, 5) is 40.7. The molecule has 1 aliphatic rings. The van der Waals surface area contributed by atoms with Gasteiger partial charge in [-0.2, -0.15) is 0 Å². The lowest BCUT2D eigenvalue weighted by Gasteiger charge is -2.26. The van der Waals surface area contributed by atoms with Gasteiger partial charge in [0.05, 0.1) is 23.1 Å². The van der Waals surface area contributed by atoms with Crippen LogP contribution in [0.1, 0.15) is 34.6 Å². The largest absolute Gasteiger partial charge is 0.569 e. The lowest BCUT2D eigenvalue weighted by Crippen LogP contribution is -2.51. The van der Waals surface area contributed by atoms with Crippen LogP contribution in [0.4, 0.5) is 0 Å². The van der Waals surface area contributed by atoms with Crippen LogP contribution >= 0.6 is 0 Å². The summed E-state index contributed by atoms with van der Waals surface area (Å²) in [6.45, 7) is 2.05. The summed E-state index contributed by atoms with van der Waals surface area (Å²) in [5.74, 6) is -2.34. The van der Waals surface area contributed by atoms with Gasteiger partial charge in [0.2, 0.25) is 12.0 Å². The average molecular weight is 336 g/mol. The Kier molecular flexibility index (Phi) is 4.40. The van der Waals surface area contributed by atoms with E-state index >= 15 is 0 Å². The molecular weight excluding hydrogens is 320 g/mol. The molecule has 128 valence electrons. The van der Waals surface area contributed by atoms with Gasteiger partial charge < -0.3 is 15.2 Å². The maximum atomic E-state index is 12.1. The van der Waals surface area contributed by atoms with E-state index in [1.165, 1.54) is 33.0 Å². The Labute approximate surface area is 137 Å². The molecule has 0 fully saturated rings. The number of hydrazine groups is 1. The highest BCUT2D eigenvalue weighted by molar-refractivity contribution is 6.21. The molecule has 0 saturated heterocycles. The number of carboxylic acids is 1. The molecule has 0 atom stereocenters. The number of carbonyl (C=O) groups excluding carboxylic acids is 2. The summed E-state index contributed by atoms with van der Waals surface area (Å²) in [5, 5.41) is 24.7. The van der Waals surface area contributed by atoms with E-state index in [4.69, 9.17) is 9.94 Å². The van der Waals surface area contributed by atoms with Gasteiger partial charge in [-0.3, -0.25) is 9.59 Å². The third-order valence-corrected chi connectivity index (χ3v) is 3.78. The van der Waals surface area contributed by atoms with Crippen molar-refractivity contribution in [2.75, 3.05) is 13.8 Å². The first-order valence-electron chi connectivity index (χ1n) is 6.90. The van der Waals surface area contributed by atoms with Crippen LogP contribution in [0, 0.1) is 5.21 Å². The van der Waals surface area contributed by atoms with Crippen LogP contribution in [-0.2, 0) is 9.63 Å². The first-order valence-corrected chi connectivity index (χ1v) is 6.90. The molecule has 0 saturated carbocycles. The molecule has 24 heavy (non-hydrogen) atoms. The maximum absolute atomic E-state index is 12.1. The fraction of sp³-hybridized carbons (Fsp3) is 0.357. The Morgan fingerprint density at radius 3 is 2.29 bits per heavy atom. The molecule has 0 unspecified atom stereocenters. The molecule has 1 N–H and O–H groups in total. The second-order valence-corrected chi connectivity index (χ2v) is 5.56. The fourth-order valence-corrected chi connectivity index (χ4v) is 1.90.